The van der Waals surface area contributed by atoms with Crippen LogP contribution in [0.5, 0.6) is 0 Å². The van der Waals surface area contributed by atoms with E-state index in [4.69, 9.17) is 0 Å². The van der Waals surface area contributed by atoms with Crippen LogP contribution in [-0.2, 0) is 5.41 Å². The summed E-state index contributed by atoms with van der Waals surface area (Å²) in [7, 11) is 0. The van der Waals surface area contributed by atoms with E-state index >= 15 is 0 Å². The van der Waals surface area contributed by atoms with Crippen molar-refractivity contribution < 1.29 is 9.59 Å². The minimum Gasteiger partial charge on any atom is -0.338 e. The number of carbonyl (C=O) groups is 2. The van der Waals surface area contributed by atoms with Crippen LogP contribution in [0.3, 0.4) is 0 Å². The molecule has 1 aliphatic heterocycles. The molecule has 1 aliphatic rings. The normalized spacial score (nSPS) is 16.3. The van der Waals surface area contributed by atoms with E-state index in [-0.39, 0.29) is 17.4 Å². The molecule has 196 valence electrons. The summed E-state index contributed by atoms with van der Waals surface area (Å²) in [4.78, 5) is 37.7. The molecule has 3 amide bonds. The first-order valence-electron chi connectivity index (χ1n) is 13.1. The van der Waals surface area contributed by atoms with Gasteiger partial charge >= 0.3 is 6.03 Å². The molecular weight excluding hydrogens is 452 g/mol. The first-order valence-corrected chi connectivity index (χ1v) is 13.1. The molecule has 1 aromatic heterocycles. The van der Waals surface area contributed by atoms with Crippen molar-refractivity contribution in [3.05, 3.63) is 54.1 Å². The van der Waals surface area contributed by atoms with Crippen molar-refractivity contribution in [2.75, 3.05) is 38.0 Å². The van der Waals surface area contributed by atoms with Crippen molar-refractivity contribution in [1.29, 1.82) is 0 Å². The van der Waals surface area contributed by atoms with Crippen LogP contribution in [0.15, 0.2) is 42.9 Å². The summed E-state index contributed by atoms with van der Waals surface area (Å²) in [5, 5.41) is 5.89. The number of nitrogens with zero attached hydrogens (tertiary/aromatic N) is 4. The Hall–Kier alpha value is -3.00. The van der Waals surface area contributed by atoms with Gasteiger partial charge in [0.2, 0.25) is 0 Å². The van der Waals surface area contributed by atoms with E-state index in [1.165, 1.54) is 11.8 Å². The molecule has 0 saturated carbocycles. The lowest BCUT2D eigenvalue weighted by Gasteiger charge is -2.37. The summed E-state index contributed by atoms with van der Waals surface area (Å²) in [5.74, 6) is 0.390. The number of benzene rings is 1. The van der Waals surface area contributed by atoms with E-state index in [0.29, 0.717) is 24.2 Å². The van der Waals surface area contributed by atoms with Gasteiger partial charge in [0.15, 0.2) is 0 Å². The van der Waals surface area contributed by atoms with Crippen molar-refractivity contribution in [2.24, 2.45) is 5.92 Å². The molecule has 0 radical (unpaired) electrons. The fraction of sp³-hybridized carbons (Fsp3) is 0.571. The highest BCUT2D eigenvalue weighted by Crippen LogP contribution is 2.23. The number of rotatable bonds is 9. The Balaban J connectivity index is 1.41. The number of hydrogen-bond acceptors (Lipinski definition) is 5. The van der Waals surface area contributed by atoms with Gasteiger partial charge < -0.3 is 20.4 Å². The summed E-state index contributed by atoms with van der Waals surface area (Å²) < 4.78 is 0. The first-order chi connectivity index (χ1) is 17.1. The lowest BCUT2D eigenvalue weighted by atomic mass is 9.87. The SMILES string of the molecule is CC(C)N(CCCNC(=O)Nc1ccc(C(C)(C)C)cc1)CC1CCCN(C(=O)c2cnccn2)C1. The third-order valence-corrected chi connectivity index (χ3v) is 6.73. The van der Waals surface area contributed by atoms with Gasteiger partial charge in [-0.3, -0.25) is 9.78 Å². The number of amides is 3. The molecular formula is C28H42N6O2. The molecule has 0 bridgehead atoms. The number of aromatic nitrogens is 2. The second-order valence-corrected chi connectivity index (χ2v) is 11.0. The smallest absolute Gasteiger partial charge is 0.319 e. The average molecular weight is 495 g/mol. The topological polar surface area (TPSA) is 90.5 Å². The molecule has 0 spiro atoms. The Bertz CT molecular complexity index is 972. The maximum atomic E-state index is 12.8. The Morgan fingerprint density at radius 1 is 1.17 bits per heavy atom. The minimum absolute atomic E-state index is 0.0350. The zero-order valence-corrected chi connectivity index (χ0v) is 22.5. The van der Waals surface area contributed by atoms with E-state index < -0.39 is 0 Å². The van der Waals surface area contributed by atoms with Gasteiger partial charge in [0.25, 0.3) is 5.91 Å². The van der Waals surface area contributed by atoms with Gasteiger partial charge in [0.1, 0.15) is 5.69 Å². The monoisotopic (exact) mass is 494 g/mol. The molecule has 36 heavy (non-hydrogen) atoms. The molecule has 8 nitrogen and oxygen atoms in total. The van der Waals surface area contributed by atoms with Gasteiger partial charge in [0, 0.05) is 56.8 Å². The van der Waals surface area contributed by atoms with Crippen LogP contribution in [0, 0.1) is 5.92 Å². The van der Waals surface area contributed by atoms with Crippen molar-refractivity contribution >= 4 is 17.6 Å². The molecule has 3 rings (SSSR count). The van der Waals surface area contributed by atoms with Gasteiger partial charge in [-0.15, -0.1) is 0 Å². The number of carbonyl (C=O) groups excluding carboxylic acids is 2. The van der Waals surface area contributed by atoms with Gasteiger partial charge in [0.05, 0.1) is 6.20 Å². The molecule has 1 unspecified atom stereocenters. The predicted octanol–water partition coefficient (Wildman–Crippen LogP) is 4.55. The van der Waals surface area contributed by atoms with E-state index in [1.807, 2.05) is 17.0 Å². The standard InChI is InChI=1S/C28H42N6O2/c1-21(2)33(19-22-8-6-16-34(20-22)26(35)25-18-29-14-15-30-25)17-7-13-31-27(36)32-24-11-9-23(10-12-24)28(3,4)5/h9-12,14-15,18,21-22H,6-8,13,16-17,19-20H2,1-5H3,(H2,31,32,36). The third-order valence-electron chi connectivity index (χ3n) is 6.73. The van der Waals surface area contributed by atoms with E-state index in [0.717, 1.165) is 51.1 Å². The highest BCUT2D eigenvalue weighted by Gasteiger charge is 2.27. The van der Waals surface area contributed by atoms with Crippen molar-refractivity contribution in [2.45, 2.75) is 65.3 Å². The number of urea groups is 1. The lowest BCUT2D eigenvalue weighted by Crippen LogP contribution is -2.45. The Morgan fingerprint density at radius 3 is 2.56 bits per heavy atom. The van der Waals surface area contributed by atoms with Crippen LogP contribution >= 0.6 is 0 Å². The Kier molecular flexibility index (Phi) is 9.81. The number of hydrogen-bond donors (Lipinski definition) is 2. The predicted molar refractivity (Wildman–Crippen MR) is 144 cm³/mol. The summed E-state index contributed by atoms with van der Waals surface area (Å²) in [6.07, 6.45) is 7.66. The number of piperidine rings is 1. The largest absolute Gasteiger partial charge is 0.338 e. The fourth-order valence-corrected chi connectivity index (χ4v) is 4.57. The maximum absolute atomic E-state index is 12.8. The third kappa shape index (κ3) is 8.29. The highest BCUT2D eigenvalue weighted by molar-refractivity contribution is 5.92. The zero-order valence-electron chi connectivity index (χ0n) is 22.5. The highest BCUT2D eigenvalue weighted by atomic mass is 16.2. The Labute approximate surface area is 215 Å². The molecule has 1 fully saturated rings. The van der Waals surface area contributed by atoms with Gasteiger partial charge in [-0.25, -0.2) is 9.78 Å². The van der Waals surface area contributed by atoms with Crippen LogP contribution < -0.4 is 10.6 Å². The van der Waals surface area contributed by atoms with Crippen LogP contribution in [-0.4, -0.2) is 70.5 Å². The molecule has 8 heteroatoms. The summed E-state index contributed by atoms with van der Waals surface area (Å²) in [5.41, 5.74) is 2.53. The van der Waals surface area contributed by atoms with Crippen molar-refractivity contribution in [3.63, 3.8) is 0 Å². The maximum Gasteiger partial charge on any atom is 0.319 e. The lowest BCUT2D eigenvalue weighted by molar-refractivity contribution is 0.0618. The first kappa shape index (κ1) is 27.6. The second kappa shape index (κ2) is 12.8. The molecule has 1 saturated heterocycles. The quantitative estimate of drug-likeness (QED) is 0.499. The summed E-state index contributed by atoms with van der Waals surface area (Å²) in [6.45, 7) is 14.9. The minimum atomic E-state index is -0.181. The Morgan fingerprint density at radius 2 is 1.92 bits per heavy atom. The number of nitrogens with one attached hydrogen (secondary N) is 2. The van der Waals surface area contributed by atoms with E-state index in [1.54, 1.807) is 12.4 Å². The summed E-state index contributed by atoms with van der Waals surface area (Å²) >= 11 is 0. The number of likely N-dealkylation sites (tertiary alicyclic amines) is 1. The van der Waals surface area contributed by atoms with Gasteiger partial charge in [-0.05, 0) is 62.1 Å². The summed E-state index contributed by atoms with van der Waals surface area (Å²) in [6, 6.07) is 8.23. The van der Waals surface area contributed by atoms with Crippen LogP contribution in [0.25, 0.3) is 0 Å². The van der Waals surface area contributed by atoms with Gasteiger partial charge in [-0.2, -0.15) is 0 Å². The van der Waals surface area contributed by atoms with E-state index in [9.17, 15) is 9.59 Å². The second-order valence-electron chi connectivity index (χ2n) is 11.0. The van der Waals surface area contributed by atoms with Crippen molar-refractivity contribution in [1.82, 2.24) is 25.1 Å². The fourth-order valence-electron chi connectivity index (χ4n) is 4.57. The molecule has 2 heterocycles. The van der Waals surface area contributed by atoms with E-state index in [2.05, 4.69) is 72.3 Å². The van der Waals surface area contributed by atoms with Gasteiger partial charge in [-0.1, -0.05) is 32.9 Å². The van der Waals surface area contributed by atoms with Crippen LogP contribution in [0.1, 0.15) is 69.9 Å². The average Bonchev–Trinajstić information content (AvgIpc) is 2.85. The van der Waals surface area contributed by atoms with Crippen molar-refractivity contribution in [3.8, 4) is 0 Å². The molecule has 1 atom stereocenters. The molecule has 2 N–H and O–H groups in total. The molecule has 1 aromatic carbocycles. The number of anilines is 1. The van der Waals surface area contributed by atoms with Crippen LogP contribution in [0.4, 0.5) is 10.5 Å². The zero-order chi connectivity index (χ0) is 26.1. The molecule has 2 aromatic rings. The molecule has 0 aliphatic carbocycles. The van der Waals surface area contributed by atoms with Crippen LogP contribution in [0.2, 0.25) is 0 Å².